The molecule has 0 radical (unpaired) electrons. The van der Waals surface area contributed by atoms with E-state index < -0.39 is 0 Å². The van der Waals surface area contributed by atoms with Crippen molar-refractivity contribution in [3.63, 3.8) is 0 Å². The Kier molecular flexibility index (Phi) is 3.53. The highest BCUT2D eigenvalue weighted by Crippen LogP contribution is 2.53. The molecule has 0 saturated heterocycles. The summed E-state index contributed by atoms with van der Waals surface area (Å²) in [5, 5.41) is 0. The monoisotopic (exact) mass is 212 g/mol. The van der Waals surface area contributed by atoms with Crippen LogP contribution in [0.15, 0.2) is 0 Å². The molecule has 1 saturated carbocycles. The Morgan fingerprint density at radius 2 is 2.00 bits per heavy atom. The van der Waals surface area contributed by atoms with Gasteiger partial charge in [0.25, 0.3) is 0 Å². The Labute approximate surface area is 91.2 Å². The van der Waals surface area contributed by atoms with Gasteiger partial charge in [0.2, 0.25) is 0 Å². The van der Waals surface area contributed by atoms with E-state index >= 15 is 0 Å². The second kappa shape index (κ2) is 4.33. The molecule has 0 aromatic carbocycles. The number of carbonyl (C=O) groups excluding carboxylic acids is 2. The molecule has 0 aromatic heterocycles. The van der Waals surface area contributed by atoms with E-state index in [1.807, 2.05) is 0 Å². The third-order valence-electron chi connectivity index (χ3n) is 3.55. The van der Waals surface area contributed by atoms with Crippen molar-refractivity contribution in [2.75, 3.05) is 7.11 Å². The van der Waals surface area contributed by atoms with E-state index in [0.29, 0.717) is 12.3 Å². The van der Waals surface area contributed by atoms with Crippen molar-refractivity contribution in [2.24, 2.45) is 17.3 Å². The van der Waals surface area contributed by atoms with Crippen LogP contribution >= 0.6 is 0 Å². The molecule has 1 fully saturated rings. The Bertz CT molecular complexity index is 268. The Balaban J connectivity index is 2.56. The van der Waals surface area contributed by atoms with Gasteiger partial charge in [0.15, 0.2) is 0 Å². The number of methoxy groups -OCH3 is 1. The van der Waals surface area contributed by atoms with E-state index in [9.17, 15) is 9.59 Å². The molecule has 0 amide bonds. The summed E-state index contributed by atoms with van der Waals surface area (Å²) in [4.78, 5) is 22.4. The van der Waals surface area contributed by atoms with Gasteiger partial charge in [-0.1, -0.05) is 13.8 Å². The number of hydrogen-bond acceptors (Lipinski definition) is 3. The third kappa shape index (κ3) is 2.58. The molecule has 15 heavy (non-hydrogen) atoms. The zero-order valence-electron chi connectivity index (χ0n) is 10.0. The van der Waals surface area contributed by atoms with Gasteiger partial charge in [-0.15, -0.1) is 0 Å². The highest BCUT2D eigenvalue weighted by atomic mass is 16.5. The minimum Gasteiger partial charge on any atom is -0.469 e. The van der Waals surface area contributed by atoms with Crippen molar-refractivity contribution < 1.29 is 14.3 Å². The first-order valence-corrected chi connectivity index (χ1v) is 5.45. The maximum Gasteiger partial charge on any atom is 0.308 e. The first kappa shape index (κ1) is 12.2. The molecule has 0 unspecified atom stereocenters. The summed E-state index contributed by atoms with van der Waals surface area (Å²) in [6, 6.07) is 0. The largest absolute Gasteiger partial charge is 0.469 e. The first-order valence-electron chi connectivity index (χ1n) is 5.45. The van der Waals surface area contributed by atoms with Crippen LogP contribution in [0.2, 0.25) is 0 Å². The van der Waals surface area contributed by atoms with E-state index in [2.05, 4.69) is 13.8 Å². The van der Waals surface area contributed by atoms with Crippen LogP contribution in [0.25, 0.3) is 0 Å². The summed E-state index contributed by atoms with van der Waals surface area (Å²) in [6.07, 6.45) is 2.26. The fourth-order valence-corrected chi connectivity index (χ4v) is 2.59. The van der Waals surface area contributed by atoms with Gasteiger partial charge in [-0.25, -0.2) is 0 Å². The van der Waals surface area contributed by atoms with Crippen molar-refractivity contribution in [3.05, 3.63) is 0 Å². The SMILES string of the molecule is COC(=O)[C@H]1CC(C)(C)[C@@H]1CCC(C)=O. The predicted molar refractivity (Wildman–Crippen MR) is 57.3 cm³/mol. The number of carbonyl (C=O) groups is 2. The average Bonchev–Trinajstić information content (AvgIpc) is 2.13. The maximum atomic E-state index is 11.4. The molecule has 0 aliphatic heterocycles. The Morgan fingerprint density at radius 1 is 1.40 bits per heavy atom. The van der Waals surface area contributed by atoms with Crippen molar-refractivity contribution in [1.29, 1.82) is 0 Å². The molecule has 0 aromatic rings. The lowest BCUT2D eigenvalue weighted by Gasteiger charge is -2.50. The quantitative estimate of drug-likeness (QED) is 0.671. The van der Waals surface area contributed by atoms with Crippen LogP contribution in [0.4, 0.5) is 0 Å². The maximum absolute atomic E-state index is 11.4. The van der Waals surface area contributed by atoms with Gasteiger partial charge in [0.05, 0.1) is 13.0 Å². The van der Waals surface area contributed by atoms with E-state index in [0.717, 1.165) is 12.8 Å². The number of ketones is 1. The molecule has 1 rings (SSSR count). The fraction of sp³-hybridized carbons (Fsp3) is 0.833. The molecular weight excluding hydrogens is 192 g/mol. The third-order valence-corrected chi connectivity index (χ3v) is 3.55. The molecule has 86 valence electrons. The molecule has 1 aliphatic carbocycles. The minimum absolute atomic E-state index is 0.00403. The summed E-state index contributed by atoms with van der Waals surface area (Å²) in [6.45, 7) is 5.90. The standard InChI is InChI=1S/C12H20O3/c1-8(13)5-6-10-9(11(14)15-4)7-12(10,2)3/h9-10H,5-7H2,1-4H3/t9-,10+/m0/s1. The van der Waals surface area contributed by atoms with Crippen molar-refractivity contribution >= 4 is 11.8 Å². The number of esters is 1. The van der Waals surface area contributed by atoms with Crippen LogP contribution in [0.5, 0.6) is 0 Å². The normalized spacial score (nSPS) is 28.0. The number of ether oxygens (including phenoxy) is 1. The van der Waals surface area contributed by atoms with E-state index in [1.165, 1.54) is 7.11 Å². The predicted octanol–water partition coefficient (Wildman–Crippen LogP) is 2.19. The number of rotatable bonds is 4. The molecule has 0 bridgehead atoms. The van der Waals surface area contributed by atoms with Crippen molar-refractivity contribution in [3.8, 4) is 0 Å². The van der Waals surface area contributed by atoms with Crippen LogP contribution in [0.3, 0.4) is 0 Å². The number of Topliss-reactive ketones (excluding diaryl/α,β-unsaturated/α-hetero) is 1. The van der Waals surface area contributed by atoms with Crippen LogP contribution in [0, 0.1) is 17.3 Å². The van der Waals surface area contributed by atoms with E-state index in [4.69, 9.17) is 4.74 Å². The molecule has 2 atom stereocenters. The Morgan fingerprint density at radius 3 is 2.40 bits per heavy atom. The van der Waals surface area contributed by atoms with Crippen molar-refractivity contribution in [2.45, 2.75) is 40.0 Å². The topological polar surface area (TPSA) is 43.4 Å². The van der Waals surface area contributed by atoms with Crippen LogP contribution in [-0.2, 0) is 14.3 Å². The molecule has 0 heterocycles. The molecule has 3 nitrogen and oxygen atoms in total. The summed E-state index contributed by atoms with van der Waals surface area (Å²) in [5.41, 5.74) is 0.175. The van der Waals surface area contributed by atoms with E-state index in [1.54, 1.807) is 6.92 Å². The zero-order chi connectivity index (χ0) is 11.6. The zero-order valence-corrected chi connectivity index (χ0v) is 10.0. The lowest BCUT2D eigenvalue weighted by Crippen LogP contribution is -2.48. The molecular formula is C12H20O3. The molecule has 0 spiro atoms. The highest BCUT2D eigenvalue weighted by Gasteiger charge is 2.50. The van der Waals surface area contributed by atoms with Crippen LogP contribution in [-0.4, -0.2) is 18.9 Å². The first-order chi connectivity index (χ1) is 6.88. The minimum atomic E-state index is -0.122. The Hall–Kier alpha value is -0.860. The van der Waals surface area contributed by atoms with Gasteiger partial charge in [-0.2, -0.15) is 0 Å². The highest BCUT2D eigenvalue weighted by molar-refractivity contribution is 5.76. The summed E-state index contributed by atoms with van der Waals surface area (Å²) in [7, 11) is 1.43. The van der Waals surface area contributed by atoms with Gasteiger partial charge >= 0.3 is 5.97 Å². The van der Waals surface area contributed by atoms with E-state index in [-0.39, 0.29) is 23.1 Å². The molecule has 3 heteroatoms. The van der Waals surface area contributed by atoms with Crippen LogP contribution < -0.4 is 0 Å². The lowest BCUT2D eigenvalue weighted by atomic mass is 9.54. The second-order valence-electron chi connectivity index (χ2n) is 5.17. The average molecular weight is 212 g/mol. The molecule has 1 aliphatic rings. The smallest absolute Gasteiger partial charge is 0.308 e. The summed E-state index contributed by atoms with van der Waals surface area (Å²) >= 11 is 0. The van der Waals surface area contributed by atoms with Gasteiger partial charge in [-0.05, 0) is 31.1 Å². The summed E-state index contributed by atoms with van der Waals surface area (Å²) < 4.78 is 4.76. The second-order valence-corrected chi connectivity index (χ2v) is 5.17. The van der Waals surface area contributed by atoms with Crippen molar-refractivity contribution in [1.82, 2.24) is 0 Å². The van der Waals surface area contributed by atoms with Gasteiger partial charge in [0, 0.05) is 6.42 Å². The molecule has 0 N–H and O–H groups in total. The summed E-state index contributed by atoms with van der Waals surface area (Å²) in [5.74, 6) is 0.377. The number of hydrogen-bond donors (Lipinski definition) is 0. The van der Waals surface area contributed by atoms with Gasteiger partial charge < -0.3 is 9.53 Å². The fourth-order valence-electron chi connectivity index (χ4n) is 2.59. The van der Waals surface area contributed by atoms with Crippen LogP contribution in [0.1, 0.15) is 40.0 Å². The lowest BCUT2D eigenvalue weighted by molar-refractivity contribution is -0.161. The van der Waals surface area contributed by atoms with Gasteiger partial charge in [-0.3, -0.25) is 4.79 Å². The van der Waals surface area contributed by atoms with Gasteiger partial charge in [0.1, 0.15) is 5.78 Å².